The maximum Gasteiger partial charge on any atom is 0.214 e. The lowest BCUT2D eigenvalue weighted by atomic mass is 10.4. The van der Waals surface area contributed by atoms with Gasteiger partial charge in [0.1, 0.15) is 5.82 Å². The fraction of sp³-hybridized carbons (Fsp3) is 0.125. The Labute approximate surface area is 84.0 Å². The number of anilines is 1. The molecule has 0 atom stereocenters. The minimum atomic E-state index is -0.494. The van der Waals surface area contributed by atoms with Gasteiger partial charge in [-0.1, -0.05) is 10.6 Å². The molecule has 2 aromatic rings. The summed E-state index contributed by atoms with van der Waals surface area (Å²) in [5.74, 6) is 0.00408. The van der Waals surface area contributed by atoms with E-state index in [0.29, 0.717) is 12.4 Å². The summed E-state index contributed by atoms with van der Waals surface area (Å²) in [4.78, 5) is 3.65. The number of nitrogens with zero attached hydrogens (tertiary/aromatic N) is 3. The number of hydrogen-bond acceptors (Lipinski definition) is 5. The Morgan fingerprint density at radius 2 is 2.36 bits per heavy atom. The molecule has 2 aromatic heterocycles. The monoisotopic (exact) mass is 210 g/mol. The predicted octanol–water partition coefficient (Wildman–Crippen LogP) is 1.68. The molecule has 0 bridgehead atoms. The van der Waals surface area contributed by atoms with Crippen LogP contribution >= 0.6 is 11.5 Å². The van der Waals surface area contributed by atoms with E-state index in [-0.39, 0.29) is 0 Å². The van der Waals surface area contributed by atoms with E-state index < -0.39 is 5.95 Å². The predicted molar refractivity (Wildman–Crippen MR) is 51.4 cm³/mol. The normalized spacial score (nSPS) is 10.1. The van der Waals surface area contributed by atoms with Crippen molar-refractivity contribution in [2.75, 3.05) is 5.32 Å². The van der Waals surface area contributed by atoms with E-state index in [2.05, 4.69) is 19.9 Å². The molecule has 72 valence electrons. The van der Waals surface area contributed by atoms with Crippen LogP contribution in [-0.2, 0) is 6.54 Å². The van der Waals surface area contributed by atoms with Crippen molar-refractivity contribution in [1.82, 2.24) is 14.6 Å². The number of aromatic nitrogens is 3. The molecule has 1 N–H and O–H groups in total. The Bertz CT molecular complexity index is 403. The molecule has 0 aliphatic heterocycles. The van der Waals surface area contributed by atoms with Gasteiger partial charge in [0.2, 0.25) is 5.95 Å². The zero-order chi connectivity index (χ0) is 9.80. The highest BCUT2D eigenvalue weighted by molar-refractivity contribution is 7.03. The molecule has 2 heterocycles. The molecular formula is C8H7FN4S. The summed E-state index contributed by atoms with van der Waals surface area (Å²) in [6, 6.07) is 4.60. The van der Waals surface area contributed by atoms with Crippen LogP contribution in [0.5, 0.6) is 0 Å². The molecule has 0 saturated heterocycles. The van der Waals surface area contributed by atoms with E-state index in [1.807, 2.05) is 5.38 Å². The zero-order valence-corrected chi connectivity index (χ0v) is 7.96. The molecular weight excluding hydrogens is 203 g/mol. The molecule has 0 fully saturated rings. The lowest BCUT2D eigenvalue weighted by molar-refractivity contribution is 0.585. The van der Waals surface area contributed by atoms with Crippen LogP contribution in [0.25, 0.3) is 0 Å². The Morgan fingerprint density at radius 1 is 1.43 bits per heavy atom. The highest BCUT2D eigenvalue weighted by atomic mass is 32.1. The fourth-order valence-corrected chi connectivity index (χ4v) is 1.40. The average Bonchev–Trinajstić information content (AvgIpc) is 2.67. The Kier molecular flexibility index (Phi) is 2.64. The molecule has 0 amide bonds. The Hall–Kier alpha value is -1.56. The van der Waals surface area contributed by atoms with Gasteiger partial charge in [-0.3, -0.25) is 0 Å². The summed E-state index contributed by atoms with van der Waals surface area (Å²) in [5, 5.41) is 8.60. The van der Waals surface area contributed by atoms with Crippen LogP contribution in [0, 0.1) is 5.95 Å². The molecule has 0 spiro atoms. The third-order valence-electron chi connectivity index (χ3n) is 1.57. The number of hydrogen-bond donors (Lipinski definition) is 1. The van der Waals surface area contributed by atoms with Crippen molar-refractivity contribution >= 4 is 17.4 Å². The van der Waals surface area contributed by atoms with Crippen LogP contribution in [0.2, 0.25) is 0 Å². The smallest absolute Gasteiger partial charge is 0.214 e. The standard InChI is InChI=1S/C8H7FN4S/c9-7-2-1-3-8(11-7)10-4-6-5-14-13-12-6/h1-3,5H,4H2,(H,10,11). The molecule has 0 unspecified atom stereocenters. The first kappa shape index (κ1) is 9.01. The first-order valence-electron chi connectivity index (χ1n) is 3.97. The first-order valence-corrected chi connectivity index (χ1v) is 4.80. The van der Waals surface area contributed by atoms with Crippen LogP contribution in [-0.4, -0.2) is 14.6 Å². The van der Waals surface area contributed by atoms with Crippen molar-refractivity contribution in [2.45, 2.75) is 6.54 Å². The first-order chi connectivity index (χ1) is 6.84. The van der Waals surface area contributed by atoms with E-state index in [9.17, 15) is 4.39 Å². The van der Waals surface area contributed by atoms with E-state index in [1.165, 1.54) is 17.6 Å². The second-order valence-electron chi connectivity index (χ2n) is 2.60. The van der Waals surface area contributed by atoms with Gasteiger partial charge in [-0.2, -0.15) is 4.39 Å². The Balaban J connectivity index is 1.98. The average molecular weight is 210 g/mol. The summed E-state index contributed by atoms with van der Waals surface area (Å²) in [5.41, 5.74) is 0.820. The molecule has 6 heteroatoms. The fourth-order valence-electron chi connectivity index (χ4n) is 0.949. The van der Waals surface area contributed by atoms with Gasteiger partial charge in [-0.15, -0.1) is 5.10 Å². The molecule has 0 radical (unpaired) electrons. The highest BCUT2D eigenvalue weighted by Gasteiger charge is 1.98. The van der Waals surface area contributed by atoms with Crippen molar-refractivity contribution in [3.05, 3.63) is 35.2 Å². The van der Waals surface area contributed by atoms with Crippen molar-refractivity contribution in [3.63, 3.8) is 0 Å². The van der Waals surface area contributed by atoms with Crippen molar-refractivity contribution in [1.29, 1.82) is 0 Å². The van der Waals surface area contributed by atoms with E-state index >= 15 is 0 Å². The van der Waals surface area contributed by atoms with Gasteiger partial charge < -0.3 is 5.32 Å². The largest absolute Gasteiger partial charge is 0.364 e. The summed E-state index contributed by atoms with van der Waals surface area (Å²) < 4.78 is 16.4. The summed E-state index contributed by atoms with van der Waals surface area (Å²) in [6.07, 6.45) is 0. The molecule has 14 heavy (non-hydrogen) atoms. The number of halogens is 1. The summed E-state index contributed by atoms with van der Waals surface area (Å²) in [7, 11) is 0. The highest BCUT2D eigenvalue weighted by Crippen LogP contribution is 2.05. The molecule has 0 aliphatic rings. The molecule has 0 saturated carbocycles. The van der Waals surface area contributed by atoms with Gasteiger partial charge >= 0.3 is 0 Å². The maximum atomic E-state index is 12.7. The minimum absolute atomic E-state index is 0.494. The number of rotatable bonds is 3. The van der Waals surface area contributed by atoms with Crippen LogP contribution in [0.15, 0.2) is 23.6 Å². The number of pyridine rings is 1. The van der Waals surface area contributed by atoms with Crippen molar-refractivity contribution in [2.24, 2.45) is 0 Å². The topological polar surface area (TPSA) is 50.7 Å². The quantitative estimate of drug-likeness (QED) is 0.783. The van der Waals surface area contributed by atoms with Crippen LogP contribution in [0.3, 0.4) is 0 Å². The van der Waals surface area contributed by atoms with Gasteiger partial charge in [-0.25, -0.2) is 4.98 Å². The van der Waals surface area contributed by atoms with E-state index in [4.69, 9.17) is 0 Å². The summed E-state index contributed by atoms with van der Waals surface area (Å²) >= 11 is 1.28. The molecule has 0 aliphatic carbocycles. The second-order valence-corrected chi connectivity index (χ2v) is 3.21. The zero-order valence-electron chi connectivity index (χ0n) is 7.14. The van der Waals surface area contributed by atoms with E-state index in [0.717, 1.165) is 5.69 Å². The Morgan fingerprint density at radius 3 is 3.07 bits per heavy atom. The van der Waals surface area contributed by atoms with Crippen LogP contribution in [0.4, 0.5) is 10.2 Å². The molecule has 2 rings (SSSR count). The van der Waals surface area contributed by atoms with Gasteiger partial charge in [0, 0.05) is 5.38 Å². The van der Waals surface area contributed by atoms with Gasteiger partial charge in [-0.05, 0) is 23.7 Å². The third kappa shape index (κ3) is 2.23. The van der Waals surface area contributed by atoms with Gasteiger partial charge in [0.05, 0.1) is 12.2 Å². The lowest BCUT2D eigenvalue weighted by Gasteiger charge is -2.01. The SMILES string of the molecule is Fc1cccc(NCc2csnn2)n1. The lowest BCUT2D eigenvalue weighted by Crippen LogP contribution is -2.02. The number of nitrogens with one attached hydrogen (secondary N) is 1. The van der Waals surface area contributed by atoms with Gasteiger partial charge in [0.15, 0.2) is 0 Å². The van der Waals surface area contributed by atoms with Crippen LogP contribution < -0.4 is 5.32 Å². The maximum absolute atomic E-state index is 12.7. The van der Waals surface area contributed by atoms with Crippen LogP contribution in [0.1, 0.15) is 5.69 Å². The van der Waals surface area contributed by atoms with E-state index in [1.54, 1.807) is 12.1 Å². The second kappa shape index (κ2) is 4.10. The molecule has 0 aromatic carbocycles. The third-order valence-corrected chi connectivity index (χ3v) is 2.12. The minimum Gasteiger partial charge on any atom is -0.364 e. The molecule has 4 nitrogen and oxygen atoms in total. The van der Waals surface area contributed by atoms with Crippen molar-refractivity contribution in [3.8, 4) is 0 Å². The van der Waals surface area contributed by atoms with Gasteiger partial charge in [0.25, 0.3) is 0 Å². The van der Waals surface area contributed by atoms with Crippen molar-refractivity contribution < 1.29 is 4.39 Å². The summed E-state index contributed by atoms with van der Waals surface area (Å²) in [6.45, 7) is 0.507.